The molecule has 0 aromatic heterocycles. The summed E-state index contributed by atoms with van der Waals surface area (Å²) in [5.41, 5.74) is 0.628. The van der Waals surface area contributed by atoms with E-state index in [0.717, 1.165) is 30.0 Å². The summed E-state index contributed by atoms with van der Waals surface area (Å²) in [6.07, 6.45) is 1.10. The number of hydrogen-bond acceptors (Lipinski definition) is 3. The summed E-state index contributed by atoms with van der Waals surface area (Å²) in [6.45, 7) is 1.88. The number of likely N-dealkylation sites (tertiary alicyclic amines) is 1. The molecule has 25 heavy (non-hydrogen) atoms. The molecule has 8 heteroatoms. The Labute approximate surface area is 162 Å². The second-order valence-corrected chi connectivity index (χ2v) is 8.32. The molecule has 4 nitrogen and oxygen atoms in total. The molecule has 2 aromatic carbocycles. The molecule has 0 radical (unpaired) electrons. The molecule has 134 valence electrons. The fourth-order valence-corrected chi connectivity index (χ4v) is 4.21. The van der Waals surface area contributed by atoms with E-state index >= 15 is 0 Å². The molecule has 2 atom stereocenters. The molecule has 3 rings (SSSR count). The third-order valence-electron chi connectivity index (χ3n) is 3.88. The van der Waals surface area contributed by atoms with Crippen LogP contribution in [0.1, 0.15) is 6.42 Å². The van der Waals surface area contributed by atoms with Crippen LogP contribution in [0, 0.1) is 5.82 Å². The highest BCUT2D eigenvalue weighted by molar-refractivity contribution is 9.10. The lowest BCUT2D eigenvalue weighted by molar-refractivity contribution is 0.207. The molecule has 0 amide bonds. The van der Waals surface area contributed by atoms with Crippen molar-refractivity contribution in [2.45, 2.75) is 17.4 Å². The summed E-state index contributed by atoms with van der Waals surface area (Å²) in [7, 11) is 0.455. The van der Waals surface area contributed by atoms with Gasteiger partial charge in [-0.25, -0.2) is 8.60 Å². The number of likely N-dealkylation sites (N-methyl/N-ethyl adjacent to an activating group) is 1. The number of benzene rings is 2. The molecule has 1 heterocycles. The maximum Gasteiger partial charge on any atom is 0.151 e. The molecule has 1 unspecified atom stereocenters. The summed E-state index contributed by atoms with van der Waals surface area (Å²) >= 11 is 9.44. The van der Waals surface area contributed by atoms with Crippen molar-refractivity contribution in [3.63, 3.8) is 0 Å². The largest absolute Gasteiger partial charge is 0.488 e. The van der Waals surface area contributed by atoms with E-state index < -0.39 is 16.8 Å². The zero-order valence-electron chi connectivity index (χ0n) is 13.5. The van der Waals surface area contributed by atoms with Gasteiger partial charge in [-0.1, -0.05) is 11.6 Å². The average Bonchev–Trinajstić information content (AvgIpc) is 2.95. The van der Waals surface area contributed by atoms with Crippen LogP contribution in [0.5, 0.6) is 5.75 Å². The van der Waals surface area contributed by atoms with Crippen molar-refractivity contribution in [1.29, 1.82) is 0 Å². The van der Waals surface area contributed by atoms with Gasteiger partial charge in [-0.2, -0.15) is 0 Å². The fourth-order valence-electron chi connectivity index (χ4n) is 2.62. The minimum atomic E-state index is -1.61. The van der Waals surface area contributed by atoms with Crippen molar-refractivity contribution in [3.05, 3.63) is 51.7 Å². The van der Waals surface area contributed by atoms with Crippen LogP contribution < -0.4 is 9.46 Å². The zero-order valence-corrected chi connectivity index (χ0v) is 16.6. The Kier molecular flexibility index (Phi) is 5.99. The standard InChI is InChI=1S/C17H17BrClFN2O2S/c1-22-7-6-13(10-22)24-16-9-12(3-4-14(16)18)21-25(23)17-5-2-11(20)8-15(17)19/h2-5,8-9,13,21H,6-7,10H2,1H3/t13-,25?/m1/s1. The van der Waals surface area contributed by atoms with E-state index in [1.165, 1.54) is 12.1 Å². The highest BCUT2D eigenvalue weighted by Gasteiger charge is 2.22. The highest BCUT2D eigenvalue weighted by Crippen LogP contribution is 2.31. The first kappa shape index (κ1) is 18.6. The lowest BCUT2D eigenvalue weighted by atomic mass is 10.3. The van der Waals surface area contributed by atoms with E-state index in [0.29, 0.717) is 16.3 Å². The number of nitrogens with zero attached hydrogens (tertiary/aromatic N) is 1. The molecule has 2 aromatic rings. The first-order chi connectivity index (χ1) is 11.9. The van der Waals surface area contributed by atoms with Gasteiger partial charge in [0.25, 0.3) is 0 Å². The SMILES string of the molecule is CN1CC[C@@H](Oc2cc(NS(=O)c3ccc(F)cc3Cl)ccc2Br)C1. The molecule has 0 saturated carbocycles. The van der Waals surface area contributed by atoms with E-state index in [4.69, 9.17) is 16.3 Å². The summed E-state index contributed by atoms with van der Waals surface area (Å²) in [4.78, 5) is 2.54. The molecule has 1 N–H and O–H groups in total. The molecule has 1 aliphatic heterocycles. The summed E-state index contributed by atoms with van der Waals surface area (Å²) in [5, 5.41) is 0.119. The number of nitrogens with one attached hydrogen (secondary N) is 1. The van der Waals surface area contributed by atoms with Gasteiger partial charge in [-0.15, -0.1) is 0 Å². The molecule has 0 bridgehead atoms. The number of rotatable bonds is 5. The van der Waals surface area contributed by atoms with Gasteiger partial charge in [0.2, 0.25) is 0 Å². The maximum absolute atomic E-state index is 13.1. The van der Waals surface area contributed by atoms with Crippen LogP contribution >= 0.6 is 27.5 Å². The monoisotopic (exact) mass is 446 g/mol. The van der Waals surface area contributed by atoms with Gasteiger partial charge in [-0.05, 0) is 59.7 Å². The van der Waals surface area contributed by atoms with Crippen molar-refractivity contribution in [2.24, 2.45) is 0 Å². The van der Waals surface area contributed by atoms with Gasteiger partial charge in [0.05, 0.1) is 20.1 Å². The number of anilines is 1. The smallest absolute Gasteiger partial charge is 0.151 e. The highest BCUT2D eigenvalue weighted by atomic mass is 79.9. The summed E-state index contributed by atoms with van der Waals surface area (Å²) < 4.78 is 35.3. The summed E-state index contributed by atoms with van der Waals surface area (Å²) in [6, 6.07) is 9.19. The normalized spacial score (nSPS) is 19.0. The van der Waals surface area contributed by atoms with Crippen molar-refractivity contribution < 1.29 is 13.3 Å². The second-order valence-electron chi connectivity index (χ2n) is 5.88. The lowest BCUT2D eigenvalue weighted by Gasteiger charge is -2.16. The Hall–Kier alpha value is -1.15. The molecule has 1 fully saturated rings. The predicted molar refractivity (Wildman–Crippen MR) is 102 cm³/mol. The van der Waals surface area contributed by atoms with Gasteiger partial charge in [0.15, 0.2) is 11.0 Å². The van der Waals surface area contributed by atoms with Crippen LogP contribution in [0.3, 0.4) is 0 Å². The molecular weight excluding hydrogens is 431 g/mol. The van der Waals surface area contributed by atoms with Gasteiger partial charge < -0.3 is 14.4 Å². The van der Waals surface area contributed by atoms with Crippen LogP contribution in [-0.4, -0.2) is 35.3 Å². The second kappa shape index (κ2) is 8.03. The Balaban J connectivity index is 1.74. The molecule has 0 spiro atoms. The third kappa shape index (κ3) is 4.73. The van der Waals surface area contributed by atoms with E-state index in [1.54, 1.807) is 12.1 Å². The van der Waals surface area contributed by atoms with Gasteiger partial charge in [0.1, 0.15) is 17.7 Å². The minimum absolute atomic E-state index is 0.119. The van der Waals surface area contributed by atoms with Gasteiger partial charge >= 0.3 is 0 Å². The quantitative estimate of drug-likeness (QED) is 0.736. The van der Waals surface area contributed by atoms with E-state index in [-0.39, 0.29) is 11.1 Å². The van der Waals surface area contributed by atoms with Gasteiger partial charge in [-0.3, -0.25) is 0 Å². The van der Waals surface area contributed by atoms with E-state index in [1.807, 2.05) is 6.07 Å². The zero-order chi connectivity index (χ0) is 18.0. The van der Waals surface area contributed by atoms with Crippen LogP contribution in [0.4, 0.5) is 10.1 Å². The maximum atomic E-state index is 13.1. The predicted octanol–water partition coefficient (Wildman–Crippen LogP) is 4.46. The van der Waals surface area contributed by atoms with Crippen LogP contribution in [-0.2, 0) is 11.0 Å². The van der Waals surface area contributed by atoms with Crippen molar-refractivity contribution in [2.75, 3.05) is 24.9 Å². The molecular formula is C17H17BrClFN2O2S. The van der Waals surface area contributed by atoms with Crippen LogP contribution in [0.25, 0.3) is 0 Å². The Morgan fingerprint density at radius 3 is 2.84 bits per heavy atom. The Bertz CT molecular complexity index is 808. The van der Waals surface area contributed by atoms with Crippen molar-refractivity contribution in [3.8, 4) is 5.75 Å². The first-order valence-corrected chi connectivity index (χ1v) is 10.0. The number of ether oxygens (including phenoxy) is 1. The third-order valence-corrected chi connectivity index (χ3v) is 6.13. The first-order valence-electron chi connectivity index (χ1n) is 7.70. The Morgan fingerprint density at radius 2 is 2.16 bits per heavy atom. The van der Waals surface area contributed by atoms with E-state index in [2.05, 4.69) is 32.6 Å². The Morgan fingerprint density at radius 1 is 1.36 bits per heavy atom. The van der Waals surface area contributed by atoms with Crippen molar-refractivity contribution >= 4 is 44.2 Å². The fraction of sp³-hybridized carbons (Fsp3) is 0.294. The van der Waals surface area contributed by atoms with Gasteiger partial charge in [0, 0.05) is 19.2 Å². The minimum Gasteiger partial charge on any atom is -0.488 e. The van der Waals surface area contributed by atoms with Crippen LogP contribution in [0.15, 0.2) is 45.8 Å². The lowest BCUT2D eigenvalue weighted by Crippen LogP contribution is -2.21. The summed E-state index contributed by atoms with van der Waals surface area (Å²) in [5.74, 6) is 0.221. The average molecular weight is 448 g/mol. The molecule has 1 aliphatic rings. The number of halogens is 3. The van der Waals surface area contributed by atoms with Crippen molar-refractivity contribution in [1.82, 2.24) is 4.90 Å². The molecule has 0 aliphatic carbocycles. The topological polar surface area (TPSA) is 41.6 Å². The molecule has 1 saturated heterocycles. The van der Waals surface area contributed by atoms with E-state index in [9.17, 15) is 8.60 Å². The number of hydrogen-bond donors (Lipinski definition) is 1. The van der Waals surface area contributed by atoms with Crippen LogP contribution in [0.2, 0.25) is 5.02 Å².